The quantitative estimate of drug-likeness (QED) is 0.765. The van der Waals surface area contributed by atoms with E-state index in [1.807, 2.05) is 11.8 Å². The molecule has 1 aliphatic carbocycles. The van der Waals surface area contributed by atoms with Crippen LogP contribution in [0.15, 0.2) is 4.79 Å². The van der Waals surface area contributed by atoms with Crippen molar-refractivity contribution in [2.75, 3.05) is 26.2 Å². The van der Waals surface area contributed by atoms with Crippen LogP contribution in [0.5, 0.6) is 0 Å². The smallest absolute Gasteiger partial charge is 0.294 e. The molecule has 2 aromatic rings. The Morgan fingerprint density at radius 1 is 1.14 bits per heavy atom. The molecule has 3 heterocycles. The molecule has 1 saturated carbocycles. The van der Waals surface area contributed by atoms with Gasteiger partial charge >= 0.3 is 0 Å². The number of fused-ring (bicyclic) bond motifs is 1. The number of nitrogens with zero attached hydrogens (tertiary/aromatic N) is 5. The predicted octanol–water partition coefficient (Wildman–Crippen LogP) is 2.76. The van der Waals surface area contributed by atoms with Gasteiger partial charge < -0.3 is 4.90 Å². The van der Waals surface area contributed by atoms with Crippen molar-refractivity contribution in [1.29, 1.82) is 0 Å². The molecular formula is C21H31N5O2S. The summed E-state index contributed by atoms with van der Waals surface area (Å²) in [4.78, 5) is 34.7. The second-order valence-electron chi connectivity index (χ2n) is 8.64. The van der Waals surface area contributed by atoms with Gasteiger partial charge in [0.05, 0.1) is 15.4 Å². The lowest BCUT2D eigenvalue weighted by Gasteiger charge is -2.40. The first-order valence-corrected chi connectivity index (χ1v) is 11.7. The lowest BCUT2D eigenvalue weighted by molar-refractivity contribution is -0.134. The highest BCUT2D eigenvalue weighted by atomic mass is 32.1. The van der Waals surface area contributed by atoms with Gasteiger partial charge in [0.25, 0.3) is 5.56 Å². The summed E-state index contributed by atoms with van der Waals surface area (Å²) in [7, 11) is 0. The molecule has 0 bridgehead atoms. The Labute approximate surface area is 175 Å². The van der Waals surface area contributed by atoms with Gasteiger partial charge in [0, 0.05) is 38.1 Å². The van der Waals surface area contributed by atoms with E-state index >= 15 is 0 Å². The monoisotopic (exact) mass is 417 g/mol. The molecule has 1 amide bonds. The zero-order chi connectivity index (χ0) is 20.5. The third-order valence-electron chi connectivity index (χ3n) is 6.22. The SMILES string of the molecule is Cc1nn(CC(=O)N2CCN(C3CCCCC3)CC2)c(=O)c2nc(C(C)C)sc12. The van der Waals surface area contributed by atoms with Crippen LogP contribution >= 0.6 is 11.3 Å². The van der Waals surface area contributed by atoms with Crippen molar-refractivity contribution in [2.45, 2.75) is 71.4 Å². The molecule has 2 fully saturated rings. The number of amides is 1. The van der Waals surface area contributed by atoms with Gasteiger partial charge in [-0.3, -0.25) is 14.5 Å². The Balaban J connectivity index is 1.44. The van der Waals surface area contributed by atoms with E-state index in [1.54, 1.807) is 0 Å². The van der Waals surface area contributed by atoms with Crippen molar-refractivity contribution in [3.05, 3.63) is 21.1 Å². The molecule has 1 saturated heterocycles. The van der Waals surface area contributed by atoms with Crippen molar-refractivity contribution in [1.82, 2.24) is 24.6 Å². The minimum absolute atomic E-state index is 0.00637. The molecule has 0 unspecified atom stereocenters. The van der Waals surface area contributed by atoms with Gasteiger partial charge in [0.1, 0.15) is 6.54 Å². The van der Waals surface area contributed by atoms with Crippen LogP contribution in [0.2, 0.25) is 0 Å². The molecule has 0 aromatic carbocycles. The molecule has 1 aliphatic heterocycles. The number of hydrogen-bond acceptors (Lipinski definition) is 6. The number of thiazole rings is 1. The Morgan fingerprint density at radius 3 is 2.48 bits per heavy atom. The van der Waals surface area contributed by atoms with Crippen molar-refractivity contribution in [2.24, 2.45) is 0 Å². The highest BCUT2D eigenvalue weighted by Crippen LogP contribution is 2.27. The minimum Gasteiger partial charge on any atom is -0.339 e. The van der Waals surface area contributed by atoms with Crippen LogP contribution in [0.25, 0.3) is 10.2 Å². The minimum atomic E-state index is -0.261. The van der Waals surface area contributed by atoms with Crippen molar-refractivity contribution >= 4 is 27.5 Å². The Kier molecular flexibility index (Phi) is 6.01. The maximum absolute atomic E-state index is 12.9. The number of aromatic nitrogens is 3. The normalized spacial score (nSPS) is 19.4. The summed E-state index contributed by atoms with van der Waals surface area (Å²) in [6.07, 6.45) is 6.60. The van der Waals surface area contributed by atoms with Crippen molar-refractivity contribution < 1.29 is 4.79 Å². The third kappa shape index (κ3) is 4.23. The number of hydrogen-bond donors (Lipinski definition) is 0. The highest BCUT2D eigenvalue weighted by Gasteiger charge is 2.27. The molecule has 158 valence electrons. The number of piperazine rings is 1. The van der Waals surface area contributed by atoms with Crippen LogP contribution in [0.4, 0.5) is 0 Å². The molecule has 2 aromatic heterocycles. The van der Waals surface area contributed by atoms with E-state index in [4.69, 9.17) is 0 Å². The first kappa shape index (κ1) is 20.5. The Bertz CT molecular complexity index is 936. The predicted molar refractivity (Wildman–Crippen MR) is 116 cm³/mol. The molecule has 0 radical (unpaired) electrons. The molecule has 0 N–H and O–H groups in total. The average Bonchev–Trinajstić information content (AvgIpc) is 3.19. The Hall–Kier alpha value is -1.80. The molecule has 0 spiro atoms. The van der Waals surface area contributed by atoms with Crippen molar-refractivity contribution in [3.8, 4) is 0 Å². The number of aryl methyl sites for hydroxylation is 1. The molecule has 29 heavy (non-hydrogen) atoms. The van der Waals surface area contributed by atoms with E-state index in [9.17, 15) is 9.59 Å². The van der Waals surface area contributed by atoms with Gasteiger partial charge in [0.2, 0.25) is 5.91 Å². The third-order valence-corrected chi connectivity index (χ3v) is 7.68. The van der Waals surface area contributed by atoms with Gasteiger partial charge in [-0.1, -0.05) is 33.1 Å². The van der Waals surface area contributed by atoms with Gasteiger partial charge in [0.15, 0.2) is 5.52 Å². The number of rotatable bonds is 4. The maximum Gasteiger partial charge on any atom is 0.294 e. The summed E-state index contributed by atoms with van der Waals surface area (Å²) in [6, 6.07) is 0.690. The van der Waals surface area contributed by atoms with Crippen LogP contribution in [-0.2, 0) is 11.3 Å². The average molecular weight is 418 g/mol. The summed E-state index contributed by atoms with van der Waals surface area (Å²) in [5.74, 6) is 0.239. The van der Waals surface area contributed by atoms with E-state index in [1.165, 1.54) is 48.1 Å². The van der Waals surface area contributed by atoms with Crippen LogP contribution in [0.3, 0.4) is 0 Å². The molecule has 0 atom stereocenters. The zero-order valence-corrected chi connectivity index (χ0v) is 18.5. The van der Waals surface area contributed by atoms with E-state index in [0.29, 0.717) is 11.6 Å². The van der Waals surface area contributed by atoms with Gasteiger partial charge in [-0.05, 0) is 19.8 Å². The second kappa shape index (κ2) is 8.52. The van der Waals surface area contributed by atoms with Crippen LogP contribution in [-0.4, -0.2) is 62.7 Å². The van der Waals surface area contributed by atoms with Crippen molar-refractivity contribution in [3.63, 3.8) is 0 Å². The van der Waals surface area contributed by atoms with E-state index < -0.39 is 0 Å². The lowest BCUT2D eigenvalue weighted by Crippen LogP contribution is -2.53. The van der Waals surface area contributed by atoms with Gasteiger partial charge in [-0.15, -0.1) is 11.3 Å². The topological polar surface area (TPSA) is 71.3 Å². The van der Waals surface area contributed by atoms with Crippen LogP contribution in [0.1, 0.15) is 62.6 Å². The zero-order valence-electron chi connectivity index (χ0n) is 17.7. The summed E-state index contributed by atoms with van der Waals surface area (Å²) < 4.78 is 2.14. The van der Waals surface area contributed by atoms with Crippen LogP contribution < -0.4 is 5.56 Å². The summed E-state index contributed by atoms with van der Waals surface area (Å²) >= 11 is 1.53. The largest absolute Gasteiger partial charge is 0.339 e. The highest BCUT2D eigenvalue weighted by molar-refractivity contribution is 7.18. The summed E-state index contributed by atoms with van der Waals surface area (Å²) in [5, 5.41) is 5.35. The second-order valence-corrected chi connectivity index (χ2v) is 9.67. The summed E-state index contributed by atoms with van der Waals surface area (Å²) in [5.41, 5.74) is 0.947. The van der Waals surface area contributed by atoms with E-state index in [-0.39, 0.29) is 23.9 Å². The number of carbonyl (C=O) groups excluding carboxylic acids is 1. The molecular weight excluding hydrogens is 386 g/mol. The van der Waals surface area contributed by atoms with Gasteiger partial charge in [-0.25, -0.2) is 9.67 Å². The first-order chi connectivity index (χ1) is 13.9. The molecule has 7 nitrogen and oxygen atoms in total. The summed E-state index contributed by atoms with van der Waals surface area (Å²) in [6.45, 7) is 9.34. The fourth-order valence-corrected chi connectivity index (χ4v) is 5.49. The van der Waals surface area contributed by atoms with E-state index in [0.717, 1.165) is 41.6 Å². The van der Waals surface area contributed by atoms with Crippen LogP contribution in [0, 0.1) is 6.92 Å². The number of carbonyl (C=O) groups is 1. The fourth-order valence-electron chi connectivity index (χ4n) is 4.49. The molecule has 4 rings (SSSR count). The fraction of sp³-hybridized carbons (Fsp3) is 0.714. The Morgan fingerprint density at radius 2 is 1.83 bits per heavy atom. The first-order valence-electron chi connectivity index (χ1n) is 10.8. The van der Waals surface area contributed by atoms with E-state index in [2.05, 4.69) is 28.8 Å². The van der Waals surface area contributed by atoms with Gasteiger partial charge in [-0.2, -0.15) is 5.10 Å². The molecule has 8 heteroatoms. The maximum atomic E-state index is 12.9. The standard InChI is InChI=1S/C21H31N5O2S/c1-14(2)20-22-18-19(29-20)15(3)23-26(21(18)28)13-17(27)25-11-9-24(10-12-25)16-7-5-4-6-8-16/h14,16H,4-13H2,1-3H3. The lowest BCUT2D eigenvalue weighted by atomic mass is 9.94. The molecule has 2 aliphatic rings.